The molecule has 1 aliphatic carbocycles. The first-order chi connectivity index (χ1) is 14.6. The summed E-state index contributed by atoms with van der Waals surface area (Å²) in [5, 5.41) is 7.70. The maximum absolute atomic E-state index is 12.0. The van der Waals surface area contributed by atoms with Crippen molar-refractivity contribution in [3.8, 4) is 0 Å². The van der Waals surface area contributed by atoms with E-state index < -0.39 is 5.91 Å². The lowest BCUT2D eigenvalue weighted by atomic mass is 9.91. The van der Waals surface area contributed by atoms with Gasteiger partial charge in [0.15, 0.2) is 0 Å². The third kappa shape index (κ3) is 4.09. The number of fused-ring (bicyclic) bond motifs is 1. The molecule has 1 aliphatic rings. The molecule has 1 amide bonds. The zero-order valence-corrected chi connectivity index (χ0v) is 17.3. The Balaban J connectivity index is 1.65. The molecule has 2 heterocycles. The van der Waals surface area contributed by atoms with Gasteiger partial charge in [-0.2, -0.15) is 4.98 Å². The van der Waals surface area contributed by atoms with E-state index in [1.54, 1.807) is 0 Å². The van der Waals surface area contributed by atoms with Crippen LogP contribution in [0.4, 0.5) is 17.5 Å². The smallest absolute Gasteiger partial charge is 0.254 e. The highest BCUT2D eigenvalue weighted by atomic mass is 16.1. The summed E-state index contributed by atoms with van der Waals surface area (Å²) in [6.07, 6.45) is 8.84. The summed E-state index contributed by atoms with van der Waals surface area (Å²) in [5.41, 5.74) is 14.1. The first kappa shape index (κ1) is 20.2. The van der Waals surface area contributed by atoms with E-state index >= 15 is 0 Å². The lowest BCUT2D eigenvalue weighted by molar-refractivity contribution is 0.100. The predicted octanol–water partition coefficient (Wildman–Crippen LogP) is 3.37. The summed E-state index contributed by atoms with van der Waals surface area (Å²) in [4.78, 5) is 20.8. The number of nitrogens with zero attached hydrogens (tertiary/aromatic N) is 3. The Labute approximate surface area is 176 Å². The highest BCUT2D eigenvalue weighted by Gasteiger charge is 2.23. The molecule has 8 heteroatoms. The zero-order chi connectivity index (χ0) is 21.1. The quantitative estimate of drug-likeness (QED) is 0.476. The number of hydrogen-bond donors (Lipinski definition) is 4. The van der Waals surface area contributed by atoms with Gasteiger partial charge in [-0.05, 0) is 37.5 Å². The van der Waals surface area contributed by atoms with Crippen molar-refractivity contribution in [2.24, 2.45) is 11.5 Å². The van der Waals surface area contributed by atoms with E-state index in [0.29, 0.717) is 11.8 Å². The van der Waals surface area contributed by atoms with Gasteiger partial charge in [0.05, 0.1) is 5.52 Å². The van der Waals surface area contributed by atoms with Crippen LogP contribution in [0.2, 0.25) is 0 Å². The molecule has 0 saturated heterocycles. The second-order valence-electron chi connectivity index (χ2n) is 7.89. The monoisotopic (exact) mass is 407 g/mol. The van der Waals surface area contributed by atoms with Gasteiger partial charge in [0.1, 0.15) is 11.4 Å². The van der Waals surface area contributed by atoms with Gasteiger partial charge in [-0.15, -0.1) is 0 Å². The van der Waals surface area contributed by atoms with Gasteiger partial charge < -0.3 is 26.7 Å². The van der Waals surface area contributed by atoms with Crippen molar-refractivity contribution >= 4 is 34.3 Å². The first-order valence-electron chi connectivity index (χ1n) is 10.6. The fourth-order valence-electron chi connectivity index (χ4n) is 4.13. The fourth-order valence-corrected chi connectivity index (χ4v) is 4.13. The van der Waals surface area contributed by atoms with Gasteiger partial charge >= 0.3 is 0 Å². The molecule has 0 aliphatic heterocycles. The Morgan fingerprint density at radius 3 is 2.87 bits per heavy atom. The number of amides is 1. The Hall–Kier alpha value is -3.13. The number of hydrogen-bond acceptors (Lipinski definition) is 6. The topological polar surface area (TPSA) is 124 Å². The van der Waals surface area contributed by atoms with Crippen LogP contribution in [-0.2, 0) is 6.54 Å². The highest BCUT2D eigenvalue weighted by Crippen LogP contribution is 2.29. The second-order valence-corrected chi connectivity index (χ2v) is 7.89. The molecule has 2 unspecified atom stereocenters. The molecule has 6 N–H and O–H groups in total. The minimum atomic E-state index is -0.575. The summed E-state index contributed by atoms with van der Waals surface area (Å²) in [6.45, 7) is 3.10. The molecule has 4 rings (SSSR count). The van der Waals surface area contributed by atoms with Crippen LogP contribution in [0.5, 0.6) is 0 Å². The van der Waals surface area contributed by atoms with Crippen molar-refractivity contribution in [2.75, 3.05) is 10.6 Å². The number of nitrogens with one attached hydrogen (secondary N) is 2. The number of aromatic nitrogens is 3. The van der Waals surface area contributed by atoms with Crippen LogP contribution < -0.4 is 22.1 Å². The predicted molar refractivity (Wildman–Crippen MR) is 120 cm³/mol. The molecule has 158 valence electrons. The van der Waals surface area contributed by atoms with Crippen molar-refractivity contribution in [3.63, 3.8) is 0 Å². The Morgan fingerprint density at radius 1 is 1.27 bits per heavy atom. The van der Waals surface area contributed by atoms with E-state index in [1.807, 2.05) is 12.1 Å². The van der Waals surface area contributed by atoms with Crippen LogP contribution in [0, 0.1) is 0 Å². The van der Waals surface area contributed by atoms with Crippen LogP contribution >= 0.6 is 0 Å². The lowest BCUT2D eigenvalue weighted by Crippen LogP contribution is -2.43. The van der Waals surface area contributed by atoms with Crippen LogP contribution in [-0.4, -0.2) is 32.5 Å². The molecule has 8 nitrogen and oxygen atoms in total. The molecular formula is C22H29N7O. The lowest BCUT2D eigenvalue weighted by Gasteiger charge is -2.29. The van der Waals surface area contributed by atoms with Gasteiger partial charge in [0.2, 0.25) is 5.95 Å². The molecule has 0 radical (unpaired) electrons. The normalized spacial score (nSPS) is 19.0. The van der Waals surface area contributed by atoms with Gasteiger partial charge in [-0.25, -0.2) is 4.98 Å². The Bertz CT molecular complexity index is 1050. The molecule has 1 fully saturated rings. The number of nitrogens with two attached hydrogens (primary N) is 2. The number of carbonyl (C=O) groups excluding carboxylic acids is 1. The van der Waals surface area contributed by atoms with Crippen molar-refractivity contribution < 1.29 is 4.79 Å². The summed E-state index contributed by atoms with van der Waals surface area (Å²) in [7, 11) is 0. The van der Waals surface area contributed by atoms with E-state index in [1.165, 1.54) is 6.20 Å². The van der Waals surface area contributed by atoms with Crippen molar-refractivity contribution in [1.82, 2.24) is 14.5 Å². The number of aryl methyl sites for hydroxylation is 1. The average molecular weight is 408 g/mol. The van der Waals surface area contributed by atoms with Crippen molar-refractivity contribution in [2.45, 2.75) is 57.7 Å². The van der Waals surface area contributed by atoms with E-state index in [9.17, 15) is 4.79 Å². The van der Waals surface area contributed by atoms with Crippen LogP contribution in [0.1, 0.15) is 49.4 Å². The molecule has 2 atom stereocenters. The second kappa shape index (κ2) is 8.71. The average Bonchev–Trinajstić information content (AvgIpc) is 3.14. The maximum Gasteiger partial charge on any atom is 0.254 e. The highest BCUT2D eigenvalue weighted by molar-refractivity contribution is 6.00. The van der Waals surface area contributed by atoms with E-state index in [-0.39, 0.29) is 17.6 Å². The molecule has 1 aromatic carbocycles. The third-order valence-electron chi connectivity index (χ3n) is 5.72. The van der Waals surface area contributed by atoms with Crippen LogP contribution in [0.25, 0.3) is 10.9 Å². The standard InChI is InChI=1S/C22H29N7O/c1-2-11-29-12-10-14-17(8-5-9-19(14)29)26-21-15(20(24)30)13-25-22(28-21)27-18-7-4-3-6-16(18)23/h5,8-10,12-13,16,18H,2-4,6-7,11,23H2,1H3,(H2,24,30)(H2,25,26,27,28). The zero-order valence-electron chi connectivity index (χ0n) is 17.3. The van der Waals surface area contributed by atoms with Gasteiger partial charge in [0.25, 0.3) is 5.91 Å². The number of rotatable bonds is 7. The van der Waals surface area contributed by atoms with Crippen LogP contribution in [0.3, 0.4) is 0 Å². The van der Waals surface area contributed by atoms with Crippen molar-refractivity contribution in [1.29, 1.82) is 0 Å². The molecule has 0 bridgehead atoms. The number of primary amides is 1. The van der Waals surface area contributed by atoms with E-state index in [2.05, 4.69) is 50.4 Å². The number of anilines is 3. The number of benzene rings is 1. The minimum Gasteiger partial charge on any atom is -0.365 e. The SMILES string of the molecule is CCCn1ccc2c(Nc3nc(NC4CCCCC4N)ncc3C(N)=O)cccc21. The van der Waals surface area contributed by atoms with Crippen molar-refractivity contribution in [3.05, 3.63) is 42.2 Å². The molecule has 0 spiro atoms. The van der Waals surface area contributed by atoms with E-state index in [0.717, 1.165) is 55.2 Å². The molecule has 1 saturated carbocycles. The largest absolute Gasteiger partial charge is 0.365 e. The Kier molecular flexibility index (Phi) is 5.85. The van der Waals surface area contributed by atoms with E-state index in [4.69, 9.17) is 11.5 Å². The first-order valence-corrected chi connectivity index (χ1v) is 10.6. The maximum atomic E-state index is 12.0. The van der Waals surface area contributed by atoms with Gasteiger partial charge in [-0.3, -0.25) is 4.79 Å². The summed E-state index contributed by atoms with van der Waals surface area (Å²) >= 11 is 0. The van der Waals surface area contributed by atoms with Gasteiger partial charge in [0, 0.05) is 42.1 Å². The summed E-state index contributed by atoms with van der Waals surface area (Å²) in [6, 6.07) is 8.30. The molecular weight excluding hydrogens is 378 g/mol. The molecule has 30 heavy (non-hydrogen) atoms. The summed E-state index contributed by atoms with van der Waals surface area (Å²) in [5.74, 6) is 0.259. The number of carbonyl (C=O) groups is 1. The molecule has 3 aromatic rings. The summed E-state index contributed by atoms with van der Waals surface area (Å²) < 4.78 is 2.22. The molecule has 2 aromatic heterocycles. The Morgan fingerprint density at radius 2 is 2.10 bits per heavy atom. The fraction of sp³-hybridized carbons (Fsp3) is 0.409. The minimum absolute atomic E-state index is 0.0710. The van der Waals surface area contributed by atoms with Gasteiger partial charge in [-0.1, -0.05) is 25.8 Å². The van der Waals surface area contributed by atoms with Crippen LogP contribution in [0.15, 0.2) is 36.7 Å². The third-order valence-corrected chi connectivity index (χ3v) is 5.72.